The minimum atomic E-state index is -0.270. The molecule has 0 aliphatic carbocycles. The van der Waals surface area contributed by atoms with Crippen molar-refractivity contribution in [3.63, 3.8) is 0 Å². The standard InChI is InChI=1S/C20H20N4O2/c1-13-7-8-16(11-14(13)2)21-18-9-10-19(24-23-18)22-20(25)15-5-4-6-17(12-15)26-3/h4-12H,1-3H3,(H,21,23)(H,22,24,25). The van der Waals surface area contributed by atoms with Gasteiger partial charge in [-0.2, -0.15) is 0 Å². The predicted octanol–water partition coefficient (Wildman–Crippen LogP) is 4.10. The molecule has 0 aliphatic rings. The monoisotopic (exact) mass is 348 g/mol. The molecular weight excluding hydrogens is 328 g/mol. The molecule has 1 aromatic heterocycles. The molecule has 3 rings (SSSR count). The minimum Gasteiger partial charge on any atom is -0.497 e. The molecule has 6 nitrogen and oxygen atoms in total. The number of aryl methyl sites for hydroxylation is 2. The topological polar surface area (TPSA) is 76.1 Å². The number of rotatable bonds is 5. The number of ether oxygens (including phenoxy) is 1. The van der Waals surface area contributed by atoms with Gasteiger partial charge in [-0.25, -0.2) is 0 Å². The zero-order chi connectivity index (χ0) is 18.5. The summed E-state index contributed by atoms with van der Waals surface area (Å²) in [6.07, 6.45) is 0. The molecule has 0 bridgehead atoms. The van der Waals surface area contributed by atoms with E-state index in [0.717, 1.165) is 5.69 Å². The predicted molar refractivity (Wildman–Crippen MR) is 102 cm³/mol. The molecule has 0 aliphatic heterocycles. The van der Waals surface area contributed by atoms with Crippen LogP contribution < -0.4 is 15.4 Å². The molecular formula is C20H20N4O2. The molecule has 3 aromatic rings. The molecule has 1 heterocycles. The number of nitrogens with zero attached hydrogens (tertiary/aromatic N) is 2. The van der Waals surface area contributed by atoms with Gasteiger partial charge in [-0.15, -0.1) is 10.2 Å². The molecule has 0 radical (unpaired) electrons. The van der Waals surface area contributed by atoms with Crippen LogP contribution in [0.4, 0.5) is 17.3 Å². The summed E-state index contributed by atoms with van der Waals surface area (Å²) in [7, 11) is 1.56. The molecule has 1 amide bonds. The Morgan fingerprint density at radius 3 is 2.38 bits per heavy atom. The molecule has 6 heteroatoms. The van der Waals surface area contributed by atoms with Crippen LogP contribution in [0.15, 0.2) is 54.6 Å². The zero-order valence-corrected chi connectivity index (χ0v) is 14.9. The number of anilines is 3. The first-order chi connectivity index (χ1) is 12.5. The van der Waals surface area contributed by atoms with Crippen molar-refractivity contribution in [1.29, 1.82) is 0 Å². The van der Waals surface area contributed by atoms with Gasteiger partial charge in [-0.05, 0) is 67.4 Å². The van der Waals surface area contributed by atoms with E-state index in [9.17, 15) is 4.79 Å². The summed E-state index contributed by atoms with van der Waals surface area (Å²) >= 11 is 0. The molecule has 0 saturated heterocycles. The van der Waals surface area contributed by atoms with Crippen molar-refractivity contribution in [2.45, 2.75) is 13.8 Å². The number of hydrogen-bond donors (Lipinski definition) is 2. The van der Waals surface area contributed by atoms with Gasteiger partial charge in [0.05, 0.1) is 7.11 Å². The molecule has 0 spiro atoms. The smallest absolute Gasteiger partial charge is 0.256 e. The van der Waals surface area contributed by atoms with E-state index in [-0.39, 0.29) is 5.91 Å². The maximum Gasteiger partial charge on any atom is 0.256 e. The molecule has 0 unspecified atom stereocenters. The molecule has 0 fully saturated rings. The van der Waals surface area contributed by atoms with E-state index in [1.165, 1.54) is 11.1 Å². The van der Waals surface area contributed by atoms with Crippen molar-refractivity contribution in [3.8, 4) is 5.75 Å². The Morgan fingerprint density at radius 1 is 0.923 bits per heavy atom. The Morgan fingerprint density at radius 2 is 1.69 bits per heavy atom. The van der Waals surface area contributed by atoms with Gasteiger partial charge in [-0.3, -0.25) is 4.79 Å². The average molecular weight is 348 g/mol. The first kappa shape index (κ1) is 17.4. The van der Waals surface area contributed by atoms with Crippen LogP contribution in [0.1, 0.15) is 21.5 Å². The largest absolute Gasteiger partial charge is 0.497 e. The number of carbonyl (C=O) groups excluding carboxylic acids is 1. The summed E-state index contributed by atoms with van der Waals surface area (Å²) in [6, 6.07) is 16.5. The van der Waals surface area contributed by atoms with E-state index in [0.29, 0.717) is 22.9 Å². The van der Waals surface area contributed by atoms with E-state index in [1.807, 2.05) is 12.1 Å². The first-order valence-electron chi connectivity index (χ1n) is 8.18. The number of nitrogens with one attached hydrogen (secondary N) is 2. The third kappa shape index (κ3) is 4.16. The van der Waals surface area contributed by atoms with Crippen LogP contribution in [0, 0.1) is 13.8 Å². The minimum absolute atomic E-state index is 0.270. The van der Waals surface area contributed by atoms with Gasteiger partial charge in [0, 0.05) is 11.3 Å². The highest BCUT2D eigenvalue weighted by molar-refractivity contribution is 6.03. The van der Waals surface area contributed by atoms with E-state index >= 15 is 0 Å². The Hall–Kier alpha value is -3.41. The van der Waals surface area contributed by atoms with Crippen LogP contribution in [0.25, 0.3) is 0 Å². The summed E-state index contributed by atoms with van der Waals surface area (Å²) in [5.41, 5.74) is 3.86. The first-order valence-corrected chi connectivity index (χ1v) is 8.18. The van der Waals surface area contributed by atoms with Gasteiger partial charge in [-0.1, -0.05) is 12.1 Å². The third-order valence-electron chi connectivity index (χ3n) is 4.02. The summed E-state index contributed by atoms with van der Waals surface area (Å²) in [5.74, 6) is 1.33. The van der Waals surface area contributed by atoms with E-state index in [4.69, 9.17) is 4.74 Å². The maximum absolute atomic E-state index is 12.3. The van der Waals surface area contributed by atoms with Crippen molar-refractivity contribution in [2.75, 3.05) is 17.7 Å². The van der Waals surface area contributed by atoms with E-state index in [2.05, 4.69) is 40.7 Å². The Kier molecular flexibility index (Phi) is 5.12. The van der Waals surface area contributed by atoms with Crippen LogP contribution in [0.3, 0.4) is 0 Å². The third-order valence-corrected chi connectivity index (χ3v) is 4.02. The zero-order valence-electron chi connectivity index (χ0n) is 14.9. The lowest BCUT2D eigenvalue weighted by Gasteiger charge is -2.09. The Labute approximate surface area is 152 Å². The Balaban J connectivity index is 1.67. The fourth-order valence-corrected chi connectivity index (χ4v) is 2.39. The van der Waals surface area contributed by atoms with Gasteiger partial charge in [0.2, 0.25) is 0 Å². The number of methoxy groups -OCH3 is 1. The lowest BCUT2D eigenvalue weighted by atomic mass is 10.1. The summed E-state index contributed by atoms with van der Waals surface area (Å²) in [4.78, 5) is 12.3. The number of hydrogen-bond acceptors (Lipinski definition) is 5. The normalized spacial score (nSPS) is 10.3. The van der Waals surface area contributed by atoms with Gasteiger partial charge in [0.1, 0.15) is 5.75 Å². The number of carbonyl (C=O) groups is 1. The second-order valence-corrected chi connectivity index (χ2v) is 5.91. The Bertz CT molecular complexity index is 923. The van der Waals surface area contributed by atoms with Gasteiger partial charge < -0.3 is 15.4 Å². The number of benzene rings is 2. The molecule has 132 valence electrons. The van der Waals surface area contributed by atoms with Crippen molar-refractivity contribution >= 4 is 23.2 Å². The number of aromatic nitrogens is 2. The highest BCUT2D eigenvalue weighted by Gasteiger charge is 2.08. The fraction of sp³-hybridized carbons (Fsp3) is 0.150. The van der Waals surface area contributed by atoms with Crippen LogP contribution in [0.5, 0.6) is 5.75 Å². The van der Waals surface area contributed by atoms with E-state index in [1.54, 1.807) is 43.5 Å². The second-order valence-electron chi connectivity index (χ2n) is 5.91. The quantitative estimate of drug-likeness (QED) is 0.726. The van der Waals surface area contributed by atoms with Crippen LogP contribution in [-0.4, -0.2) is 23.2 Å². The summed E-state index contributed by atoms with van der Waals surface area (Å²) in [5, 5.41) is 14.1. The summed E-state index contributed by atoms with van der Waals surface area (Å²) in [6.45, 7) is 4.13. The highest BCUT2D eigenvalue weighted by atomic mass is 16.5. The van der Waals surface area contributed by atoms with Gasteiger partial charge >= 0.3 is 0 Å². The highest BCUT2D eigenvalue weighted by Crippen LogP contribution is 2.19. The average Bonchev–Trinajstić information content (AvgIpc) is 2.66. The van der Waals surface area contributed by atoms with E-state index < -0.39 is 0 Å². The molecule has 0 atom stereocenters. The molecule has 26 heavy (non-hydrogen) atoms. The molecule has 2 aromatic carbocycles. The van der Waals surface area contributed by atoms with Gasteiger partial charge in [0.25, 0.3) is 5.91 Å². The van der Waals surface area contributed by atoms with Crippen molar-refractivity contribution in [3.05, 3.63) is 71.3 Å². The van der Waals surface area contributed by atoms with Crippen LogP contribution in [0.2, 0.25) is 0 Å². The van der Waals surface area contributed by atoms with Gasteiger partial charge in [0.15, 0.2) is 11.6 Å². The van der Waals surface area contributed by atoms with Crippen molar-refractivity contribution in [1.82, 2.24) is 10.2 Å². The van der Waals surface area contributed by atoms with Crippen LogP contribution in [-0.2, 0) is 0 Å². The molecule has 0 saturated carbocycles. The molecule has 2 N–H and O–H groups in total. The van der Waals surface area contributed by atoms with Crippen LogP contribution >= 0.6 is 0 Å². The maximum atomic E-state index is 12.3. The second kappa shape index (κ2) is 7.65. The van der Waals surface area contributed by atoms with Crippen molar-refractivity contribution in [2.24, 2.45) is 0 Å². The lowest BCUT2D eigenvalue weighted by molar-refractivity contribution is 0.102. The fourth-order valence-electron chi connectivity index (χ4n) is 2.39. The SMILES string of the molecule is COc1cccc(C(=O)Nc2ccc(Nc3ccc(C)c(C)c3)nn2)c1. The number of amides is 1. The van der Waals surface area contributed by atoms with Crippen molar-refractivity contribution < 1.29 is 9.53 Å². The lowest BCUT2D eigenvalue weighted by Crippen LogP contribution is -2.13. The summed E-state index contributed by atoms with van der Waals surface area (Å²) < 4.78 is 5.13.